The number of imidazole rings is 1. The van der Waals surface area contributed by atoms with E-state index in [9.17, 15) is 24.3 Å². The van der Waals surface area contributed by atoms with Crippen molar-refractivity contribution in [2.24, 2.45) is 17.6 Å². The van der Waals surface area contributed by atoms with E-state index in [1.54, 1.807) is 13.8 Å². The largest absolute Gasteiger partial charge is 0.480 e. The number of rotatable bonds is 14. The average Bonchev–Trinajstić information content (AvgIpc) is 3.34. The smallest absolute Gasteiger partial charge is 0.326 e. The molecule has 0 radical (unpaired) electrons. The Bertz CT molecular complexity index is 1030. The predicted molar refractivity (Wildman–Crippen MR) is 138 cm³/mol. The minimum atomic E-state index is -1.16. The molecule has 1 aromatic carbocycles. The van der Waals surface area contributed by atoms with Crippen LogP contribution in [0.15, 0.2) is 42.9 Å². The Labute approximate surface area is 217 Å². The molecule has 4 atom stereocenters. The SMILES string of the molecule is CC(C)CC(NC(=O)C(Cc1cnc[nH]1)NC(=O)C(NC(=O)C(N)Cc1ccccc1)C(C)C)C(=O)O. The molecule has 11 heteroatoms. The fourth-order valence-electron chi connectivity index (χ4n) is 3.81. The number of carbonyl (C=O) groups excluding carboxylic acids is 3. The van der Waals surface area contributed by atoms with Crippen LogP contribution >= 0.6 is 0 Å². The second-order valence-corrected chi connectivity index (χ2v) is 9.90. The van der Waals surface area contributed by atoms with E-state index in [1.165, 1.54) is 12.5 Å². The first-order valence-electron chi connectivity index (χ1n) is 12.4. The summed E-state index contributed by atoms with van der Waals surface area (Å²) >= 11 is 0. The van der Waals surface area contributed by atoms with Gasteiger partial charge in [-0.2, -0.15) is 0 Å². The Balaban J connectivity index is 2.14. The first-order valence-corrected chi connectivity index (χ1v) is 12.4. The molecule has 1 aromatic heterocycles. The number of benzene rings is 1. The molecule has 7 N–H and O–H groups in total. The summed E-state index contributed by atoms with van der Waals surface area (Å²) in [4.78, 5) is 57.6. The second kappa shape index (κ2) is 14.1. The van der Waals surface area contributed by atoms with Gasteiger partial charge in [0.15, 0.2) is 0 Å². The van der Waals surface area contributed by atoms with Gasteiger partial charge in [0.1, 0.15) is 18.1 Å². The number of aliphatic carboxylic acids is 1. The number of aromatic nitrogens is 2. The first kappa shape index (κ1) is 29.5. The molecule has 0 aliphatic heterocycles. The van der Waals surface area contributed by atoms with E-state index in [2.05, 4.69) is 25.9 Å². The van der Waals surface area contributed by atoms with Crippen LogP contribution in [0.1, 0.15) is 45.4 Å². The number of carboxylic acids is 1. The van der Waals surface area contributed by atoms with Crippen molar-refractivity contribution in [2.45, 2.75) is 71.1 Å². The maximum atomic E-state index is 13.3. The lowest BCUT2D eigenvalue weighted by atomic mass is 10.00. The van der Waals surface area contributed by atoms with Crippen molar-refractivity contribution >= 4 is 23.7 Å². The highest BCUT2D eigenvalue weighted by molar-refractivity contribution is 5.94. The Hall–Kier alpha value is -3.73. The molecule has 2 rings (SSSR count). The van der Waals surface area contributed by atoms with Gasteiger partial charge in [0, 0.05) is 18.3 Å². The number of nitrogens with two attached hydrogens (primary N) is 1. The molecule has 0 fully saturated rings. The summed E-state index contributed by atoms with van der Waals surface area (Å²) < 4.78 is 0. The molecule has 1 heterocycles. The Morgan fingerprint density at radius 2 is 1.57 bits per heavy atom. The van der Waals surface area contributed by atoms with Gasteiger partial charge in [0.25, 0.3) is 0 Å². The summed E-state index contributed by atoms with van der Waals surface area (Å²) in [6.07, 6.45) is 3.54. The molecule has 37 heavy (non-hydrogen) atoms. The molecule has 0 bridgehead atoms. The van der Waals surface area contributed by atoms with E-state index in [1.807, 2.05) is 44.2 Å². The van der Waals surface area contributed by atoms with Crippen LogP contribution in [0.4, 0.5) is 0 Å². The number of aromatic amines is 1. The van der Waals surface area contributed by atoms with Gasteiger partial charge in [-0.15, -0.1) is 0 Å². The van der Waals surface area contributed by atoms with E-state index in [0.717, 1.165) is 5.56 Å². The topological polar surface area (TPSA) is 179 Å². The Morgan fingerprint density at radius 1 is 0.919 bits per heavy atom. The fraction of sp³-hybridized carbons (Fsp3) is 0.500. The van der Waals surface area contributed by atoms with Crippen LogP contribution in [0.3, 0.4) is 0 Å². The van der Waals surface area contributed by atoms with E-state index in [4.69, 9.17) is 5.73 Å². The van der Waals surface area contributed by atoms with Crippen LogP contribution < -0.4 is 21.7 Å². The number of H-pyrrole nitrogens is 1. The highest BCUT2D eigenvalue weighted by atomic mass is 16.4. The number of nitrogens with zero attached hydrogens (tertiary/aromatic N) is 1. The molecule has 11 nitrogen and oxygen atoms in total. The van der Waals surface area contributed by atoms with Crippen molar-refractivity contribution < 1.29 is 24.3 Å². The normalized spacial score (nSPS) is 14.5. The minimum Gasteiger partial charge on any atom is -0.480 e. The molecule has 0 aliphatic carbocycles. The summed E-state index contributed by atoms with van der Waals surface area (Å²) in [7, 11) is 0. The van der Waals surface area contributed by atoms with Gasteiger partial charge in [-0.3, -0.25) is 14.4 Å². The summed E-state index contributed by atoms with van der Waals surface area (Å²) in [6.45, 7) is 7.23. The quantitative estimate of drug-likeness (QED) is 0.215. The fourth-order valence-corrected chi connectivity index (χ4v) is 3.81. The van der Waals surface area contributed by atoms with Crippen LogP contribution in [0, 0.1) is 11.8 Å². The van der Waals surface area contributed by atoms with E-state index in [0.29, 0.717) is 12.1 Å². The highest BCUT2D eigenvalue weighted by Gasteiger charge is 2.32. The van der Waals surface area contributed by atoms with Crippen LogP contribution in [0.2, 0.25) is 0 Å². The van der Waals surface area contributed by atoms with Crippen molar-refractivity contribution in [1.82, 2.24) is 25.9 Å². The van der Waals surface area contributed by atoms with Crippen molar-refractivity contribution in [3.8, 4) is 0 Å². The summed E-state index contributed by atoms with van der Waals surface area (Å²) in [5.41, 5.74) is 7.55. The van der Waals surface area contributed by atoms with Crippen LogP contribution in [0.5, 0.6) is 0 Å². The van der Waals surface area contributed by atoms with Crippen molar-refractivity contribution in [1.29, 1.82) is 0 Å². The van der Waals surface area contributed by atoms with E-state index < -0.39 is 47.9 Å². The van der Waals surface area contributed by atoms with Gasteiger partial charge in [-0.1, -0.05) is 58.0 Å². The van der Waals surface area contributed by atoms with Crippen LogP contribution in [-0.4, -0.2) is 62.9 Å². The summed E-state index contributed by atoms with van der Waals surface area (Å²) in [6, 6.07) is 5.26. The lowest BCUT2D eigenvalue weighted by Gasteiger charge is -2.27. The van der Waals surface area contributed by atoms with Gasteiger partial charge in [-0.05, 0) is 30.2 Å². The third-order valence-corrected chi connectivity index (χ3v) is 5.82. The molecular formula is C26H38N6O5. The highest BCUT2D eigenvalue weighted by Crippen LogP contribution is 2.09. The summed E-state index contributed by atoms with van der Waals surface area (Å²) in [5.74, 6) is -3.15. The number of carboxylic acid groups (broad SMARTS) is 1. The molecule has 0 saturated heterocycles. The van der Waals surface area contributed by atoms with Crippen LogP contribution in [0.25, 0.3) is 0 Å². The minimum absolute atomic E-state index is 0.0303. The predicted octanol–water partition coefficient (Wildman–Crippen LogP) is 0.763. The maximum Gasteiger partial charge on any atom is 0.326 e. The second-order valence-electron chi connectivity index (χ2n) is 9.90. The monoisotopic (exact) mass is 514 g/mol. The lowest BCUT2D eigenvalue weighted by Crippen LogP contribution is -2.59. The molecule has 0 spiro atoms. The summed E-state index contributed by atoms with van der Waals surface area (Å²) in [5, 5.41) is 17.4. The zero-order valence-corrected chi connectivity index (χ0v) is 21.7. The number of hydrogen-bond acceptors (Lipinski definition) is 6. The van der Waals surface area contributed by atoms with Crippen molar-refractivity contribution in [2.75, 3.05) is 0 Å². The molecule has 3 amide bonds. The van der Waals surface area contributed by atoms with Crippen molar-refractivity contribution in [3.63, 3.8) is 0 Å². The standard InChI is InChI=1S/C26H38N6O5/c1-15(2)10-21(26(36)37)31-24(34)20(12-18-13-28-14-29-18)30-25(35)22(16(3)4)32-23(33)19(27)11-17-8-6-5-7-9-17/h5-9,13-16,19-22H,10-12,27H2,1-4H3,(H,28,29)(H,30,35)(H,31,34)(H,32,33)(H,36,37). The molecule has 202 valence electrons. The average molecular weight is 515 g/mol. The third-order valence-electron chi connectivity index (χ3n) is 5.82. The maximum absolute atomic E-state index is 13.3. The van der Waals surface area contributed by atoms with Gasteiger partial charge in [0.05, 0.1) is 12.4 Å². The Morgan fingerprint density at radius 3 is 2.11 bits per heavy atom. The third kappa shape index (κ3) is 9.68. The molecular weight excluding hydrogens is 476 g/mol. The van der Waals surface area contributed by atoms with Gasteiger partial charge < -0.3 is 31.8 Å². The zero-order chi connectivity index (χ0) is 27.5. The number of nitrogens with one attached hydrogen (secondary N) is 4. The van der Waals surface area contributed by atoms with Crippen molar-refractivity contribution in [3.05, 3.63) is 54.1 Å². The number of hydrogen-bond donors (Lipinski definition) is 6. The van der Waals surface area contributed by atoms with Gasteiger partial charge in [-0.25, -0.2) is 9.78 Å². The molecule has 2 aromatic rings. The molecule has 4 unspecified atom stereocenters. The number of amides is 3. The molecule has 0 saturated carbocycles. The first-order chi connectivity index (χ1) is 17.5. The lowest BCUT2D eigenvalue weighted by molar-refractivity contribution is -0.142. The number of carbonyl (C=O) groups is 4. The van der Waals surface area contributed by atoms with Crippen LogP contribution in [-0.2, 0) is 32.0 Å². The van der Waals surface area contributed by atoms with E-state index in [-0.39, 0.29) is 24.7 Å². The van der Waals surface area contributed by atoms with E-state index >= 15 is 0 Å². The zero-order valence-electron chi connectivity index (χ0n) is 21.7. The van der Waals surface area contributed by atoms with Gasteiger partial charge in [0.2, 0.25) is 17.7 Å². The Kier molecular flexibility index (Phi) is 11.3. The van der Waals surface area contributed by atoms with Gasteiger partial charge >= 0.3 is 5.97 Å². The molecule has 0 aliphatic rings.